The number of aryl methyl sites for hydroxylation is 3. The Hall–Kier alpha value is -8.45. The average molecular weight is 1250 g/mol. The highest BCUT2D eigenvalue weighted by molar-refractivity contribution is 7.15. The number of benzene rings is 1. The molecule has 8 heterocycles. The van der Waals surface area contributed by atoms with Crippen molar-refractivity contribution in [1.29, 1.82) is 0 Å². The van der Waals surface area contributed by atoms with E-state index in [0.29, 0.717) is 70.2 Å². The molecule has 1 unspecified atom stereocenters. The first kappa shape index (κ1) is 60.2. The SMILES string of the molecule is CNC(=O)C[C@H](NC(=O)c1csc(-c2ccc(-c3nc(N(C=O)Cc4ccnc(C(=O)O)c4)cs3)nc2-c2csc(-c3csc(CCc4ccccc4)n3)n2)n1)c1nc(C(=O)NC(c2nc(C(=O)NCC(N)=O)c(COC)s2)C(C)C)c(C)s1. The van der Waals surface area contributed by atoms with Crippen molar-refractivity contribution in [3.8, 4) is 43.4 Å². The zero-order valence-corrected chi connectivity index (χ0v) is 50.3. The van der Waals surface area contributed by atoms with Crippen LogP contribution >= 0.6 is 68.0 Å². The fraction of sp³-hybridized carbons (Fsp3) is 0.255. The van der Waals surface area contributed by atoms with Crippen molar-refractivity contribution in [3.63, 3.8) is 0 Å². The minimum Gasteiger partial charge on any atom is -0.477 e. The summed E-state index contributed by atoms with van der Waals surface area (Å²) < 4.78 is 5.31. The molecular weight excluding hydrogens is 1190 g/mol. The third-order valence-corrected chi connectivity index (χ3v) is 18.2. The molecule has 1 aromatic carbocycles. The van der Waals surface area contributed by atoms with Crippen LogP contribution in [0.25, 0.3) is 43.4 Å². The van der Waals surface area contributed by atoms with Gasteiger partial charge in [0.1, 0.15) is 70.7 Å². The Kier molecular flexibility index (Phi) is 19.5. The molecule has 0 aliphatic rings. The Bertz CT molecular complexity index is 3890. The number of primary amides is 1. The molecule has 0 spiro atoms. The van der Waals surface area contributed by atoms with Gasteiger partial charge in [0.2, 0.25) is 18.2 Å². The third-order valence-electron chi connectivity index (χ3n) is 12.5. The van der Waals surface area contributed by atoms with Gasteiger partial charge >= 0.3 is 5.97 Å². The van der Waals surface area contributed by atoms with Crippen LogP contribution in [-0.4, -0.2) is 108 Å². The summed E-state index contributed by atoms with van der Waals surface area (Å²) in [5.41, 5.74) is 9.61. The Balaban J connectivity index is 0.980. The number of hydrogen-bond donors (Lipinski definition) is 6. The number of nitrogens with one attached hydrogen (secondary N) is 4. The van der Waals surface area contributed by atoms with Gasteiger partial charge in [-0.1, -0.05) is 44.2 Å². The molecule has 7 N–H and O–H groups in total. The highest BCUT2D eigenvalue weighted by atomic mass is 32.1. The summed E-state index contributed by atoms with van der Waals surface area (Å²) in [5, 5.41) is 30.8. The minimum atomic E-state index is -1.20. The van der Waals surface area contributed by atoms with Crippen molar-refractivity contribution in [1.82, 2.24) is 61.1 Å². The van der Waals surface area contributed by atoms with Gasteiger partial charge in [-0.25, -0.2) is 44.7 Å². The molecule has 0 aliphatic carbocycles. The molecule has 432 valence electrons. The van der Waals surface area contributed by atoms with E-state index in [1.165, 1.54) is 82.2 Å². The summed E-state index contributed by atoms with van der Waals surface area (Å²) in [5.74, 6) is -4.03. The topological polar surface area (TPSA) is 329 Å². The van der Waals surface area contributed by atoms with Gasteiger partial charge in [-0.15, -0.1) is 68.0 Å². The second-order valence-electron chi connectivity index (χ2n) is 18.8. The van der Waals surface area contributed by atoms with Crippen molar-refractivity contribution in [2.24, 2.45) is 11.7 Å². The number of carboxylic acids is 1. The number of amides is 6. The second kappa shape index (κ2) is 27.3. The highest BCUT2D eigenvalue weighted by Gasteiger charge is 2.31. The monoisotopic (exact) mass is 1240 g/mol. The molecule has 8 aromatic heterocycles. The number of methoxy groups -OCH3 is 1. The van der Waals surface area contributed by atoms with Gasteiger partial charge in [0, 0.05) is 58.7 Å². The summed E-state index contributed by atoms with van der Waals surface area (Å²) >= 11 is 7.71. The Morgan fingerprint density at radius 2 is 1.49 bits per heavy atom. The second-order valence-corrected chi connectivity index (χ2v) is 24.7. The van der Waals surface area contributed by atoms with E-state index in [9.17, 15) is 38.7 Å². The predicted octanol–water partition coefficient (Wildman–Crippen LogP) is 7.93. The summed E-state index contributed by atoms with van der Waals surface area (Å²) in [4.78, 5) is 130. The van der Waals surface area contributed by atoms with Crippen LogP contribution in [0.4, 0.5) is 5.82 Å². The molecule has 0 bridgehead atoms. The molecule has 0 aliphatic heterocycles. The molecule has 29 heteroatoms. The number of nitrogens with zero attached hydrogens (tertiary/aromatic N) is 9. The van der Waals surface area contributed by atoms with E-state index in [4.69, 9.17) is 35.4 Å². The molecule has 6 amide bonds. The Morgan fingerprint density at radius 3 is 2.23 bits per heavy atom. The average Bonchev–Trinajstić information content (AvgIpc) is 4.50. The van der Waals surface area contributed by atoms with Gasteiger partial charge in [0.25, 0.3) is 17.7 Å². The molecule has 0 saturated heterocycles. The lowest BCUT2D eigenvalue weighted by Crippen LogP contribution is -2.34. The maximum Gasteiger partial charge on any atom is 0.354 e. The van der Waals surface area contributed by atoms with Crippen LogP contribution in [0.2, 0.25) is 0 Å². The molecule has 9 rings (SSSR count). The number of carbonyl (C=O) groups excluding carboxylic acids is 6. The number of aromatic nitrogens is 8. The molecular formula is C55H52N14O9S6. The number of anilines is 1. The van der Waals surface area contributed by atoms with Crippen molar-refractivity contribution in [2.75, 3.05) is 25.6 Å². The fourth-order valence-corrected chi connectivity index (χ4v) is 13.8. The van der Waals surface area contributed by atoms with Crippen LogP contribution in [0.3, 0.4) is 0 Å². The van der Waals surface area contributed by atoms with Crippen LogP contribution < -0.4 is 31.9 Å². The number of thiazole rings is 6. The van der Waals surface area contributed by atoms with E-state index in [0.717, 1.165) is 34.9 Å². The molecule has 0 radical (unpaired) electrons. The highest BCUT2D eigenvalue weighted by Crippen LogP contribution is 2.39. The first-order valence-corrected chi connectivity index (χ1v) is 30.8. The van der Waals surface area contributed by atoms with Crippen molar-refractivity contribution >= 4 is 116 Å². The first-order valence-electron chi connectivity index (χ1n) is 25.6. The molecule has 9 aromatic rings. The number of carboxylic acid groups (broad SMARTS) is 1. The summed E-state index contributed by atoms with van der Waals surface area (Å²) in [6, 6.07) is 15.1. The summed E-state index contributed by atoms with van der Waals surface area (Å²) in [6.07, 6.45) is 3.35. The van der Waals surface area contributed by atoms with Crippen LogP contribution in [0, 0.1) is 12.8 Å². The Labute approximate surface area is 503 Å². The summed E-state index contributed by atoms with van der Waals surface area (Å²) in [6.45, 7) is 5.14. The molecule has 84 heavy (non-hydrogen) atoms. The van der Waals surface area contributed by atoms with E-state index in [2.05, 4.69) is 48.4 Å². The zero-order valence-electron chi connectivity index (χ0n) is 45.4. The maximum atomic E-state index is 14.3. The predicted molar refractivity (Wildman–Crippen MR) is 321 cm³/mol. The number of pyridine rings is 2. The van der Waals surface area contributed by atoms with Crippen LogP contribution in [0.15, 0.2) is 82.3 Å². The number of rotatable bonds is 26. The minimum absolute atomic E-state index is 0.0320. The van der Waals surface area contributed by atoms with Gasteiger partial charge < -0.3 is 36.8 Å². The lowest BCUT2D eigenvalue weighted by molar-refractivity contribution is -0.121. The lowest BCUT2D eigenvalue weighted by Gasteiger charge is -2.20. The number of ether oxygens (including phenoxy) is 1. The van der Waals surface area contributed by atoms with Gasteiger partial charge in [0.15, 0.2) is 0 Å². The van der Waals surface area contributed by atoms with Crippen molar-refractivity contribution in [3.05, 3.63) is 141 Å². The van der Waals surface area contributed by atoms with Gasteiger partial charge in [-0.3, -0.25) is 33.7 Å². The van der Waals surface area contributed by atoms with Gasteiger partial charge in [-0.2, -0.15) is 0 Å². The van der Waals surface area contributed by atoms with Gasteiger partial charge in [-0.05, 0) is 54.7 Å². The van der Waals surface area contributed by atoms with E-state index in [1.807, 2.05) is 48.9 Å². The smallest absolute Gasteiger partial charge is 0.354 e. The number of aromatic carboxylic acids is 1. The molecule has 2 atom stereocenters. The fourth-order valence-electron chi connectivity index (χ4n) is 8.32. The largest absolute Gasteiger partial charge is 0.477 e. The van der Waals surface area contributed by atoms with E-state index in [-0.39, 0.29) is 53.3 Å². The molecule has 0 fully saturated rings. The number of hydrogen-bond acceptors (Lipinski definition) is 22. The van der Waals surface area contributed by atoms with Crippen LogP contribution in [0.1, 0.15) is 110 Å². The maximum absolute atomic E-state index is 14.3. The summed E-state index contributed by atoms with van der Waals surface area (Å²) in [7, 11) is 2.93. The van der Waals surface area contributed by atoms with Crippen molar-refractivity contribution < 1.29 is 43.4 Å². The standard InChI is InChI=1S/C55H52N14O9S6/c1-27(2)43(54-68-46(38(84-54)21-78-5)48(74)59-19-39(56)71)66-49(75)44-28(3)83-53(67-44)33(18-41(72)57-4)62-47(73)36-23-80-50(64-36)31-12-13-32(51-65-40(25-82-51)69(26-70)20-30-15-16-58-34(17-30)55(76)77)61-45(31)35-22-81-52(63-35)37-24-79-42(60-37)14-11-29-9-7-6-8-10-29/h6-10,12-13,15-17,22-27,33,43H,11,14,18-21H2,1-5H3,(H2,56,71)(H,57,72)(H,59,74)(H,62,73)(H,66,75)(H,76,77)/t33-,43?/m0/s1. The third kappa shape index (κ3) is 14.5. The molecule has 23 nitrogen and oxygen atoms in total. The van der Waals surface area contributed by atoms with Crippen LogP contribution in [0.5, 0.6) is 0 Å². The number of nitrogens with two attached hydrogens (primary N) is 1. The molecule has 0 saturated carbocycles. The van der Waals surface area contributed by atoms with E-state index >= 15 is 0 Å². The van der Waals surface area contributed by atoms with Crippen LogP contribution in [-0.2, 0) is 45.1 Å². The Morgan fingerprint density at radius 1 is 0.738 bits per heavy atom. The quantitative estimate of drug-likeness (QED) is 0.0280. The van der Waals surface area contributed by atoms with Crippen molar-refractivity contribution in [2.45, 2.75) is 65.3 Å². The first-order chi connectivity index (χ1) is 40.5. The normalized spacial score (nSPS) is 11.9. The van der Waals surface area contributed by atoms with E-state index < -0.39 is 54.1 Å². The van der Waals surface area contributed by atoms with E-state index in [1.54, 1.807) is 41.2 Å². The van der Waals surface area contributed by atoms with Gasteiger partial charge in [0.05, 0.1) is 53.8 Å². The zero-order chi connectivity index (χ0) is 59.6. The number of carbonyl (C=O) groups is 7. The lowest BCUT2D eigenvalue weighted by atomic mass is 10.0.